The van der Waals surface area contributed by atoms with E-state index in [1.54, 1.807) is 11.3 Å². The van der Waals surface area contributed by atoms with Gasteiger partial charge in [-0.25, -0.2) is 4.98 Å². The quantitative estimate of drug-likeness (QED) is 0.787. The average Bonchev–Trinajstić information content (AvgIpc) is 2.77. The predicted octanol–water partition coefficient (Wildman–Crippen LogP) is 3.97. The van der Waals surface area contributed by atoms with Gasteiger partial charge in [0.05, 0.1) is 5.39 Å². The average molecular weight is 270 g/mol. The van der Waals surface area contributed by atoms with Gasteiger partial charge in [0.25, 0.3) is 0 Å². The molecule has 0 radical (unpaired) electrons. The first kappa shape index (κ1) is 12.6. The van der Waals surface area contributed by atoms with Crippen molar-refractivity contribution in [1.29, 1.82) is 0 Å². The number of halogens is 1. The highest BCUT2D eigenvalue weighted by Crippen LogP contribution is 2.30. The molecule has 5 heteroatoms. The fourth-order valence-electron chi connectivity index (χ4n) is 2.09. The molecule has 0 amide bonds. The van der Waals surface area contributed by atoms with Gasteiger partial charge in [0.15, 0.2) is 0 Å². The maximum Gasteiger partial charge on any atom is 0.225 e. The van der Waals surface area contributed by atoms with Crippen LogP contribution in [0.25, 0.3) is 10.2 Å². The molecule has 2 aromatic heterocycles. The van der Waals surface area contributed by atoms with Crippen molar-refractivity contribution in [2.45, 2.75) is 32.7 Å². The van der Waals surface area contributed by atoms with E-state index in [0.29, 0.717) is 11.3 Å². The number of fused-ring (bicyclic) bond motifs is 1. The van der Waals surface area contributed by atoms with Crippen molar-refractivity contribution in [3.63, 3.8) is 0 Å². The van der Waals surface area contributed by atoms with Crippen molar-refractivity contribution >= 4 is 39.0 Å². The molecular formula is C12H16ClN3S. The Kier molecular flexibility index (Phi) is 3.84. The Morgan fingerprint density at radius 1 is 1.35 bits per heavy atom. The first-order valence-corrected chi connectivity index (χ1v) is 7.06. The molecule has 2 rings (SSSR count). The number of aromatic nitrogens is 2. The van der Waals surface area contributed by atoms with Gasteiger partial charge in [-0.1, -0.05) is 13.8 Å². The van der Waals surface area contributed by atoms with Crippen molar-refractivity contribution in [3.8, 4) is 0 Å². The van der Waals surface area contributed by atoms with Crippen LogP contribution in [0.15, 0.2) is 11.4 Å². The van der Waals surface area contributed by atoms with Gasteiger partial charge in [0.1, 0.15) is 10.6 Å². The van der Waals surface area contributed by atoms with Crippen LogP contribution in [-0.4, -0.2) is 23.1 Å². The zero-order chi connectivity index (χ0) is 12.4. The minimum absolute atomic E-state index is 0.327. The maximum atomic E-state index is 5.97. The van der Waals surface area contributed by atoms with E-state index in [9.17, 15) is 0 Å². The summed E-state index contributed by atoms with van der Waals surface area (Å²) in [7, 11) is 2.08. The molecule has 0 N–H and O–H groups in total. The van der Waals surface area contributed by atoms with E-state index >= 15 is 0 Å². The third-order valence-electron chi connectivity index (χ3n) is 3.10. The highest BCUT2D eigenvalue weighted by molar-refractivity contribution is 7.16. The fourth-order valence-corrected chi connectivity index (χ4v) is 3.07. The van der Waals surface area contributed by atoms with Gasteiger partial charge in [-0.05, 0) is 35.9 Å². The van der Waals surface area contributed by atoms with E-state index in [1.807, 2.05) is 5.38 Å². The number of hydrogen-bond acceptors (Lipinski definition) is 4. The molecule has 0 bridgehead atoms. The Balaban J connectivity index is 2.49. The number of nitrogens with zero attached hydrogens (tertiary/aromatic N) is 3. The van der Waals surface area contributed by atoms with Crippen LogP contribution in [0.4, 0.5) is 5.82 Å². The third-order valence-corrected chi connectivity index (χ3v) is 4.08. The molecule has 3 nitrogen and oxygen atoms in total. The van der Waals surface area contributed by atoms with Gasteiger partial charge in [0.2, 0.25) is 5.28 Å². The third kappa shape index (κ3) is 2.38. The maximum absolute atomic E-state index is 5.97. The second-order valence-corrected chi connectivity index (χ2v) is 5.27. The second kappa shape index (κ2) is 5.19. The van der Waals surface area contributed by atoms with E-state index in [2.05, 4.69) is 41.8 Å². The molecule has 0 spiro atoms. The highest BCUT2D eigenvalue weighted by Gasteiger charge is 2.17. The summed E-state index contributed by atoms with van der Waals surface area (Å²) in [5.74, 6) is 0.940. The predicted molar refractivity (Wildman–Crippen MR) is 75.2 cm³/mol. The van der Waals surface area contributed by atoms with E-state index in [1.165, 1.54) is 0 Å². The zero-order valence-corrected chi connectivity index (χ0v) is 11.8. The number of rotatable bonds is 4. The minimum atomic E-state index is 0.327. The molecule has 0 saturated heterocycles. The van der Waals surface area contributed by atoms with E-state index in [-0.39, 0.29) is 0 Å². The van der Waals surface area contributed by atoms with E-state index < -0.39 is 0 Å². The van der Waals surface area contributed by atoms with Gasteiger partial charge < -0.3 is 4.90 Å². The van der Waals surface area contributed by atoms with E-state index in [4.69, 9.17) is 11.6 Å². The number of hydrogen-bond donors (Lipinski definition) is 0. The summed E-state index contributed by atoms with van der Waals surface area (Å²) in [6.45, 7) is 4.39. The lowest BCUT2D eigenvalue weighted by atomic mass is 10.1. The monoisotopic (exact) mass is 269 g/mol. The molecule has 17 heavy (non-hydrogen) atoms. The molecule has 0 aromatic carbocycles. The van der Waals surface area contributed by atoms with Gasteiger partial charge in [-0.3, -0.25) is 0 Å². The fraction of sp³-hybridized carbons (Fsp3) is 0.500. The summed E-state index contributed by atoms with van der Waals surface area (Å²) >= 11 is 7.57. The Morgan fingerprint density at radius 2 is 2.06 bits per heavy atom. The van der Waals surface area contributed by atoms with Crippen LogP contribution in [0.3, 0.4) is 0 Å². The van der Waals surface area contributed by atoms with Crippen molar-refractivity contribution in [2.24, 2.45) is 0 Å². The van der Waals surface area contributed by atoms with Crippen molar-refractivity contribution in [3.05, 3.63) is 16.7 Å². The normalized spacial score (nSPS) is 11.4. The Bertz CT molecular complexity index is 507. The summed E-state index contributed by atoms with van der Waals surface area (Å²) in [6, 6.07) is 2.55. The summed E-state index contributed by atoms with van der Waals surface area (Å²) in [5.41, 5.74) is 0. The molecule has 0 aliphatic carbocycles. The molecule has 92 valence electrons. The van der Waals surface area contributed by atoms with Crippen molar-refractivity contribution < 1.29 is 0 Å². The van der Waals surface area contributed by atoms with Crippen molar-refractivity contribution in [2.75, 3.05) is 11.9 Å². The molecule has 0 unspecified atom stereocenters. The van der Waals surface area contributed by atoms with Crippen LogP contribution >= 0.6 is 22.9 Å². The molecule has 0 aliphatic heterocycles. The Labute approximate surface area is 110 Å². The summed E-state index contributed by atoms with van der Waals surface area (Å²) in [4.78, 5) is 11.8. The topological polar surface area (TPSA) is 29.0 Å². The smallest absolute Gasteiger partial charge is 0.225 e. The zero-order valence-electron chi connectivity index (χ0n) is 10.3. The standard InChI is InChI=1S/C12H16ClN3S/c1-4-8(5-2)16(3)10-9-6-7-17-11(9)15-12(13)14-10/h6-8H,4-5H2,1-3H3. The molecule has 2 aromatic rings. The molecule has 0 fully saturated rings. The molecule has 0 saturated carbocycles. The largest absolute Gasteiger partial charge is 0.356 e. The van der Waals surface area contributed by atoms with Gasteiger partial charge in [0, 0.05) is 13.1 Å². The van der Waals surface area contributed by atoms with Gasteiger partial charge in [-0.2, -0.15) is 4.98 Å². The first-order valence-electron chi connectivity index (χ1n) is 5.80. The van der Waals surface area contributed by atoms with Crippen LogP contribution in [0.5, 0.6) is 0 Å². The first-order chi connectivity index (χ1) is 8.17. The number of thiophene rings is 1. The van der Waals surface area contributed by atoms with Gasteiger partial charge >= 0.3 is 0 Å². The highest BCUT2D eigenvalue weighted by atomic mass is 35.5. The second-order valence-electron chi connectivity index (χ2n) is 4.04. The summed E-state index contributed by atoms with van der Waals surface area (Å²) in [6.07, 6.45) is 2.19. The summed E-state index contributed by atoms with van der Waals surface area (Å²) < 4.78 is 0. The lowest BCUT2D eigenvalue weighted by molar-refractivity contribution is 0.588. The number of anilines is 1. The van der Waals surface area contributed by atoms with E-state index in [0.717, 1.165) is 28.9 Å². The Hall–Kier alpha value is -0.870. The van der Waals surface area contributed by atoms with Crippen LogP contribution < -0.4 is 4.90 Å². The molecule has 2 heterocycles. The lowest BCUT2D eigenvalue weighted by Crippen LogP contribution is -2.31. The van der Waals surface area contributed by atoms with Crippen molar-refractivity contribution in [1.82, 2.24) is 9.97 Å². The Morgan fingerprint density at radius 3 is 2.71 bits per heavy atom. The van der Waals surface area contributed by atoms with Gasteiger partial charge in [-0.15, -0.1) is 11.3 Å². The van der Waals surface area contributed by atoms with Crippen LogP contribution in [0.1, 0.15) is 26.7 Å². The lowest BCUT2D eigenvalue weighted by Gasteiger charge is -2.27. The van der Waals surface area contributed by atoms with Crippen LogP contribution in [0.2, 0.25) is 5.28 Å². The SMILES string of the molecule is CCC(CC)N(C)c1nc(Cl)nc2sccc12. The molecule has 0 aliphatic rings. The molecular weight excluding hydrogens is 254 g/mol. The molecule has 0 atom stereocenters. The van der Waals surface area contributed by atoms with Crippen LogP contribution in [-0.2, 0) is 0 Å². The van der Waals surface area contributed by atoms with Crippen LogP contribution in [0, 0.1) is 0 Å². The summed E-state index contributed by atoms with van der Waals surface area (Å²) in [5, 5.41) is 3.45. The minimum Gasteiger partial charge on any atom is -0.356 e.